The first kappa shape index (κ1) is 18.6. The molecule has 0 saturated carbocycles. The number of nitrogens with zero attached hydrogens (tertiary/aromatic N) is 1. The Hall–Kier alpha value is -2.44. The van der Waals surface area contributed by atoms with E-state index in [0.717, 1.165) is 19.3 Å². The summed E-state index contributed by atoms with van der Waals surface area (Å²) in [7, 11) is 0. The molecule has 0 aromatic heterocycles. The van der Waals surface area contributed by atoms with Crippen molar-refractivity contribution in [2.75, 3.05) is 6.61 Å². The number of rotatable bonds is 10. The molecular weight excluding hydrogens is 302 g/mol. The van der Waals surface area contributed by atoms with E-state index in [1.54, 1.807) is 6.07 Å². The smallest absolute Gasteiger partial charge is 0.311 e. The van der Waals surface area contributed by atoms with Crippen LogP contribution in [0.5, 0.6) is 5.75 Å². The summed E-state index contributed by atoms with van der Waals surface area (Å²) in [6, 6.07) is 5.65. The molecule has 0 fully saturated rings. The van der Waals surface area contributed by atoms with Crippen molar-refractivity contribution in [3.63, 3.8) is 0 Å². The van der Waals surface area contributed by atoms with Crippen molar-refractivity contribution < 1.29 is 24.0 Å². The Morgan fingerprint density at radius 3 is 2.48 bits per heavy atom. The van der Waals surface area contributed by atoms with Crippen LogP contribution in [-0.2, 0) is 14.3 Å². The van der Waals surface area contributed by atoms with Crippen molar-refractivity contribution in [2.24, 2.45) is 0 Å². The zero-order valence-electron chi connectivity index (χ0n) is 13.2. The molecule has 0 aliphatic carbocycles. The van der Waals surface area contributed by atoms with Crippen molar-refractivity contribution >= 4 is 17.6 Å². The number of hydrogen-bond acceptors (Lipinski definition) is 6. The van der Waals surface area contributed by atoms with E-state index < -0.39 is 10.9 Å². The van der Waals surface area contributed by atoms with Crippen LogP contribution in [0.25, 0.3) is 0 Å². The molecule has 0 aliphatic heterocycles. The van der Waals surface area contributed by atoms with E-state index in [1.165, 1.54) is 18.2 Å². The minimum absolute atomic E-state index is 0.00386. The Labute approximate surface area is 134 Å². The van der Waals surface area contributed by atoms with Crippen LogP contribution in [0.2, 0.25) is 0 Å². The second-order valence-corrected chi connectivity index (χ2v) is 4.98. The number of nitro benzene ring substituents is 1. The van der Waals surface area contributed by atoms with E-state index in [-0.39, 0.29) is 36.7 Å². The summed E-state index contributed by atoms with van der Waals surface area (Å²) in [4.78, 5) is 33.3. The summed E-state index contributed by atoms with van der Waals surface area (Å²) in [5, 5.41) is 10.8. The summed E-state index contributed by atoms with van der Waals surface area (Å²) in [5.41, 5.74) is -0.267. The van der Waals surface area contributed by atoms with E-state index in [2.05, 4.69) is 6.92 Å². The number of benzene rings is 1. The average Bonchev–Trinajstić information content (AvgIpc) is 2.52. The van der Waals surface area contributed by atoms with Crippen LogP contribution in [0.15, 0.2) is 24.3 Å². The van der Waals surface area contributed by atoms with Crippen LogP contribution in [0.1, 0.15) is 45.4 Å². The Balaban J connectivity index is 2.30. The van der Waals surface area contributed by atoms with Crippen molar-refractivity contribution in [1.29, 1.82) is 0 Å². The second kappa shape index (κ2) is 10.3. The second-order valence-electron chi connectivity index (χ2n) is 4.98. The van der Waals surface area contributed by atoms with Gasteiger partial charge in [-0.25, -0.2) is 0 Å². The average molecular weight is 323 g/mol. The van der Waals surface area contributed by atoms with Gasteiger partial charge in [-0.15, -0.1) is 0 Å². The summed E-state index contributed by atoms with van der Waals surface area (Å²) in [6.07, 6.45) is 3.30. The van der Waals surface area contributed by atoms with Gasteiger partial charge < -0.3 is 9.47 Å². The molecule has 0 unspecified atom stereocenters. The maximum atomic E-state index is 11.7. The predicted octanol–water partition coefficient (Wildman–Crippen LogP) is 3.40. The number of carbonyl (C=O) groups is 2. The molecular formula is C16H21NO6. The summed E-state index contributed by atoms with van der Waals surface area (Å²) in [5.74, 6) is -1.05. The molecule has 0 amide bonds. The number of unbranched alkanes of at least 4 members (excludes halogenated alkanes) is 2. The number of hydrogen-bond donors (Lipinski definition) is 0. The molecule has 1 aromatic carbocycles. The number of carbonyl (C=O) groups excluding carboxylic acids is 2. The Morgan fingerprint density at radius 2 is 1.78 bits per heavy atom. The van der Waals surface area contributed by atoms with Gasteiger partial charge in [-0.05, 0) is 18.9 Å². The lowest BCUT2D eigenvalue weighted by Crippen LogP contribution is -2.11. The third-order valence-electron chi connectivity index (χ3n) is 3.06. The third kappa shape index (κ3) is 7.39. The SMILES string of the molecule is CCCCCOC(=O)CCCC(=O)Oc1ccccc1[N+](=O)[O-]. The van der Waals surface area contributed by atoms with Crippen LogP contribution in [0.3, 0.4) is 0 Å². The first-order valence-corrected chi connectivity index (χ1v) is 7.64. The summed E-state index contributed by atoms with van der Waals surface area (Å²) >= 11 is 0. The predicted molar refractivity (Wildman–Crippen MR) is 83.1 cm³/mol. The maximum absolute atomic E-state index is 11.7. The molecule has 1 rings (SSSR count). The fourth-order valence-electron chi connectivity index (χ4n) is 1.86. The lowest BCUT2D eigenvalue weighted by Gasteiger charge is -2.05. The monoisotopic (exact) mass is 323 g/mol. The van der Waals surface area contributed by atoms with Crippen LogP contribution in [-0.4, -0.2) is 23.5 Å². The molecule has 0 saturated heterocycles. The number of ether oxygens (including phenoxy) is 2. The Bertz CT molecular complexity index is 543. The van der Waals surface area contributed by atoms with E-state index in [1.807, 2.05) is 0 Å². The summed E-state index contributed by atoms with van der Waals surface area (Å²) < 4.78 is 9.98. The topological polar surface area (TPSA) is 95.7 Å². The van der Waals surface area contributed by atoms with Gasteiger partial charge in [0.2, 0.25) is 5.75 Å². The molecule has 0 spiro atoms. The minimum Gasteiger partial charge on any atom is -0.466 e. The zero-order chi connectivity index (χ0) is 17.1. The molecule has 0 heterocycles. The van der Waals surface area contributed by atoms with Gasteiger partial charge in [0.25, 0.3) is 0 Å². The number of para-hydroxylation sites is 2. The van der Waals surface area contributed by atoms with Crippen molar-refractivity contribution in [3.05, 3.63) is 34.4 Å². The van der Waals surface area contributed by atoms with Crippen molar-refractivity contribution in [2.45, 2.75) is 45.4 Å². The molecule has 7 nitrogen and oxygen atoms in total. The van der Waals surface area contributed by atoms with Crippen molar-refractivity contribution in [3.8, 4) is 5.75 Å². The highest BCUT2D eigenvalue weighted by molar-refractivity contribution is 5.75. The van der Waals surface area contributed by atoms with Gasteiger partial charge in [0.15, 0.2) is 0 Å². The van der Waals surface area contributed by atoms with Gasteiger partial charge in [0.05, 0.1) is 11.5 Å². The number of esters is 2. The van der Waals surface area contributed by atoms with Crippen LogP contribution >= 0.6 is 0 Å². The molecule has 1 aromatic rings. The largest absolute Gasteiger partial charge is 0.466 e. The third-order valence-corrected chi connectivity index (χ3v) is 3.06. The van der Waals surface area contributed by atoms with Gasteiger partial charge >= 0.3 is 17.6 Å². The lowest BCUT2D eigenvalue weighted by molar-refractivity contribution is -0.385. The number of nitro groups is 1. The van der Waals surface area contributed by atoms with E-state index in [4.69, 9.17) is 9.47 Å². The van der Waals surface area contributed by atoms with Gasteiger partial charge in [0.1, 0.15) is 0 Å². The van der Waals surface area contributed by atoms with Gasteiger partial charge in [-0.2, -0.15) is 0 Å². The highest BCUT2D eigenvalue weighted by Gasteiger charge is 2.17. The zero-order valence-corrected chi connectivity index (χ0v) is 13.2. The highest BCUT2D eigenvalue weighted by atomic mass is 16.6. The van der Waals surface area contributed by atoms with E-state index in [9.17, 15) is 19.7 Å². The molecule has 0 radical (unpaired) electrons. The standard InChI is InChI=1S/C16H21NO6/c1-2-3-6-12-22-15(18)10-7-11-16(19)23-14-9-5-4-8-13(14)17(20)21/h4-5,8-9H,2-3,6-7,10-12H2,1H3. The quantitative estimate of drug-likeness (QED) is 0.215. The molecule has 0 atom stereocenters. The normalized spacial score (nSPS) is 10.1. The minimum atomic E-state index is -0.615. The lowest BCUT2D eigenvalue weighted by atomic mass is 10.2. The van der Waals surface area contributed by atoms with Gasteiger partial charge in [0, 0.05) is 18.9 Å². The molecule has 126 valence electrons. The first-order chi connectivity index (χ1) is 11.0. The van der Waals surface area contributed by atoms with Crippen LogP contribution < -0.4 is 4.74 Å². The maximum Gasteiger partial charge on any atom is 0.311 e. The van der Waals surface area contributed by atoms with Gasteiger partial charge in [-0.3, -0.25) is 19.7 Å². The highest BCUT2D eigenvalue weighted by Crippen LogP contribution is 2.26. The van der Waals surface area contributed by atoms with E-state index >= 15 is 0 Å². The van der Waals surface area contributed by atoms with Crippen LogP contribution in [0.4, 0.5) is 5.69 Å². The Kier molecular flexibility index (Phi) is 8.34. The summed E-state index contributed by atoms with van der Waals surface area (Å²) in [6.45, 7) is 2.46. The van der Waals surface area contributed by atoms with Crippen LogP contribution in [0, 0.1) is 10.1 Å². The molecule has 23 heavy (non-hydrogen) atoms. The molecule has 0 N–H and O–H groups in total. The fourth-order valence-corrected chi connectivity index (χ4v) is 1.86. The fraction of sp³-hybridized carbons (Fsp3) is 0.500. The first-order valence-electron chi connectivity index (χ1n) is 7.64. The molecule has 0 bridgehead atoms. The molecule has 0 aliphatic rings. The van der Waals surface area contributed by atoms with Crippen molar-refractivity contribution in [1.82, 2.24) is 0 Å². The van der Waals surface area contributed by atoms with Gasteiger partial charge in [-0.1, -0.05) is 31.9 Å². The molecule has 7 heteroatoms. The Morgan fingerprint density at radius 1 is 1.09 bits per heavy atom. The van der Waals surface area contributed by atoms with E-state index in [0.29, 0.717) is 6.61 Å².